The summed E-state index contributed by atoms with van der Waals surface area (Å²) in [7, 11) is 0. The van der Waals surface area contributed by atoms with Crippen LogP contribution in [0.1, 0.15) is 11.3 Å². The standard InChI is InChI=1S/C18H14BrN3O/c19-14-5-3-4-13(10-14)11-21-18(23)9-8-15-12-20-16-6-1-2-7-17(16)22-15/h1-10,12H,11H2,(H,21,23)/b9-8+. The molecule has 3 rings (SSSR count). The zero-order valence-corrected chi connectivity index (χ0v) is 13.8. The summed E-state index contributed by atoms with van der Waals surface area (Å²) in [6, 6.07) is 15.4. The maximum atomic E-state index is 11.9. The molecule has 1 amide bonds. The molecule has 2 aromatic carbocycles. The van der Waals surface area contributed by atoms with Gasteiger partial charge in [-0.05, 0) is 35.9 Å². The number of aromatic nitrogens is 2. The van der Waals surface area contributed by atoms with Gasteiger partial charge in [0.25, 0.3) is 0 Å². The van der Waals surface area contributed by atoms with Crippen LogP contribution in [0.4, 0.5) is 0 Å². The van der Waals surface area contributed by atoms with Gasteiger partial charge in [0.1, 0.15) is 0 Å². The van der Waals surface area contributed by atoms with E-state index in [1.54, 1.807) is 12.3 Å². The van der Waals surface area contributed by atoms with Crippen LogP contribution >= 0.6 is 15.9 Å². The van der Waals surface area contributed by atoms with Gasteiger partial charge in [-0.15, -0.1) is 0 Å². The topological polar surface area (TPSA) is 54.9 Å². The third-order valence-corrected chi connectivity index (χ3v) is 3.72. The fourth-order valence-corrected chi connectivity index (χ4v) is 2.55. The van der Waals surface area contributed by atoms with Crippen LogP contribution in [-0.4, -0.2) is 15.9 Å². The number of fused-ring (bicyclic) bond motifs is 1. The molecule has 1 heterocycles. The number of carbonyl (C=O) groups is 1. The second kappa shape index (κ2) is 7.15. The van der Waals surface area contributed by atoms with Crippen molar-refractivity contribution < 1.29 is 4.79 Å². The molecule has 0 atom stereocenters. The van der Waals surface area contributed by atoms with Gasteiger partial charge in [0.2, 0.25) is 5.91 Å². The molecule has 114 valence electrons. The lowest BCUT2D eigenvalue weighted by molar-refractivity contribution is -0.116. The maximum absolute atomic E-state index is 11.9. The molecule has 0 radical (unpaired) electrons. The molecule has 5 heteroatoms. The number of para-hydroxylation sites is 2. The Balaban J connectivity index is 1.63. The first-order chi connectivity index (χ1) is 11.2. The van der Waals surface area contributed by atoms with Crippen LogP contribution in [-0.2, 0) is 11.3 Å². The van der Waals surface area contributed by atoms with Gasteiger partial charge < -0.3 is 5.32 Å². The van der Waals surface area contributed by atoms with Crippen LogP contribution in [0.3, 0.4) is 0 Å². The Morgan fingerprint density at radius 2 is 1.96 bits per heavy atom. The SMILES string of the molecule is O=C(/C=C/c1cnc2ccccc2n1)NCc1cccc(Br)c1. The summed E-state index contributed by atoms with van der Waals surface area (Å²) in [4.78, 5) is 20.6. The van der Waals surface area contributed by atoms with Crippen LogP contribution < -0.4 is 5.32 Å². The minimum absolute atomic E-state index is 0.167. The van der Waals surface area contributed by atoms with E-state index in [1.165, 1.54) is 6.08 Å². The normalized spacial score (nSPS) is 11.0. The molecule has 4 nitrogen and oxygen atoms in total. The molecule has 0 aliphatic heterocycles. The third-order valence-electron chi connectivity index (χ3n) is 3.23. The lowest BCUT2D eigenvalue weighted by atomic mass is 10.2. The van der Waals surface area contributed by atoms with E-state index in [0.717, 1.165) is 21.1 Å². The van der Waals surface area contributed by atoms with E-state index < -0.39 is 0 Å². The molecular formula is C18H14BrN3O. The zero-order chi connectivity index (χ0) is 16.1. The van der Waals surface area contributed by atoms with Gasteiger partial charge in [0.15, 0.2) is 0 Å². The van der Waals surface area contributed by atoms with Gasteiger partial charge in [-0.2, -0.15) is 0 Å². The predicted octanol–water partition coefficient (Wildman–Crippen LogP) is 3.72. The number of hydrogen-bond acceptors (Lipinski definition) is 3. The second-order valence-corrected chi connectivity index (χ2v) is 5.88. The van der Waals surface area contributed by atoms with Gasteiger partial charge in [-0.25, -0.2) is 4.98 Å². The monoisotopic (exact) mass is 367 g/mol. The van der Waals surface area contributed by atoms with Gasteiger partial charge in [0, 0.05) is 17.1 Å². The number of nitrogens with zero attached hydrogens (tertiary/aromatic N) is 2. The van der Waals surface area contributed by atoms with Gasteiger partial charge >= 0.3 is 0 Å². The van der Waals surface area contributed by atoms with E-state index in [2.05, 4.69) is 31.2 Å². The second-order valence-electron chi connectivity index (χ2n) is 4.96. The highest BCUT2D eigenvalue weighted by atomic mass is 79.9. The molecule has 0 unspecified atom stereocenters. The largest absolute Gasteiger partial charge is 0.348 e. The lowest BCUT2D eigenvalue weighted by Gasteiger charge is -2.03. The molecular weight excluding hydrogens is 354 g/mol. The van der Waals surface area contributed by atoms with Gasteiger partial charge in [-0.1, -0.05) is 40.2 Å². The van der Waals surface area contributed by atoms with Crippen molar-refractivity contribution in [2.24, 2.45) is 0 Å². The summed E-state index contributed by atoms with van der Waals surface area (Å²) in [5, 5.41) is 2.84. The van der Waals surface area contributed by atoms with Crippen molar-refractivity contribution in [3.63, 3.8) is 0 Å². The van der Waals surface area contributed by atoms with Crippen LogP contribution in [0.5, 0.6) is 0 Å². The Morgan fingerprint density at radius 1 is 1.13 bits per heavy atom. The lowest BCUT2D eigenvalue weighted by Crippen LogP contribution is -2.20. The summed E-state index contributed by atoms with van der Waals surface area (Å²) in [6.07, 6.45) is 4.78. The zero-order valence-electron chi connectivity index (χ0n) is 12.2. The predicted molar refractivity (Wildman–Crippen MR) is 94.6 cm³/mol. The van der Waals surface area contributed by atoms with Crippen molar-refractivity contribution in [3.05, 3.63) is 76.5 Å². The van der Waals surface area contributed by atoms with E-state index in [4.69, 9.17) is 0 Å². The average Bonchev–Trinajstić information content (AvgIpc) is 2.58. The van der Waals surface area contributed by atoms with Crippen molar-refractivity contribution >= 4 is 38.9 Å². The minimum Gasteiger partial charge on any atom is -0.348 e. The molecule has 3 aromatic rings. The van der Waals surface area contributed by atoms with Gasteiger partial charge in [0.05, 0.1) is 22.9 Å². The van der Waals surface area contributed by atoms with E-state index in [1.807, 2.05) is 48.5 Å². The Kier molecular flexibility index (Phi) is 4.78. The Hall–Kier alpha value is -2.53. The Labute approximate surface area is 142 Å². The fraction of sp³-hybridized carbons (Fsp3) is 0.0556. The highest BCUT2D eigenvalue weighted by Gasteiger charge is 1.99. The molecule has 23 heavy (non-hydrogen) atoms. The Bertz CT molecular complexity index is 877. The molecule has 0 saturated heterocycles. The van der Waals surface area contributed by atoms with E-state index >= 15 is 0 Å². The van der Waals surface area contributed by atoms with Crippen LogP contribution in [0.2, 0.25) is 0 Å². The third kappa shape index (κ3) is 4.23. The highest BCUT2D eigenvalue weighted by Crippen LogP contribution is 2.11. The first-order valence-electron chi connectivity index (χ1n) is 7.13. The number of benzene rings is 2. The van der Waals surface area contributed by atoms with Gasteiger partial charge in [-0.3, -0.25) is 9.78 Å². The Morgan fingerprint density at radius 3 is 2.78 bits per heavy atom. The summed E-state index contributed by atoms with van der Waals surface area (Å²) in [5.41, 5.74) is 3.33. The number of nitrogens with one attached hydrogen (secondary N) is 1. The average molecular weight is 368 g/mol. The van der Waals surface area contributed by atoms with Crippen molar-refractivity contribution in [1.82, 2.24) is 15.3 Å². The van der Waals surface area contributed by atoms with E-state index in [9.17, 15) is 4.79 Å². The van der Waals surface area contributed by atoms with E-state index in [-0.39, 0.29) is 5.91 Å². The number of carbonyl (C=O) groups excluding carboxylic acids is 1. The van der Waals surface area contributed by atoms with Crippen molar-refractivity contribution in [1.29, 1.82) is 0 Å². The highest BCUT2D eigenvalue weighted by molar-refractivity contribution is 9.10. The quantitative estimate of drug-likeness (QED) is 0.714. The summed E-state index contributed by atoms with van der Waals surface area (Å²) in [6.45, 7) is 0.478. The summed E-state index contributed by atoms with van der Waals surface area (Å²) >= 11 is 3.41. The molecule has 0 bridgehead atoms. The maximum Gasteiger partial charge on any atom is 0.244 e. The number of hydrogen-bond donors (Lipinski definition) is 1. The number of amides is 1. The number of halogens is 1. The first kappa shape index (κ1) is 15.4. The number of rotatable bonds is 4. The molecule has 0 saturated carbocycles. The summed E-state index contributed by atoms with van der Waals surface area (Å²) in [5.74, 6) is -0.167. The molecule has 0 aliphatic carbocycles. The molecule has 0 spiro atoms. The minimum atomic E-state index is -0.167. The van der Waals surface area contributed by atoms with Crippen LogP contribution in [0.25, 0.3) is 17.1 Å². The van der Waals surface area contributed by atoms with Crippen LogP contribution in [0, 0.1) is 0 Å². The molecule has 1 N–H and O–H groups in total. The smallest absolute Gasteiger partial charge is 0.244 e. The first-order valence-corrected chi connectivity index (χ1v) is 7.92. The molecule has 1 aromatic heterocycles. The molecule has 0 aliphatic rings. The summed E-state index contributed by atoms with van der Waals surface area (Å²) < 4.78 is 0.992. The van der Waals surface area contributed by atoms with Crippen LogP contribution in [0.15, 0.2) is 65.3 Å². The molecule has 0 fully saturated rings. The van der Waals surface area contributed by atoms with Crippen molar-refractivity contribution in [2.75, 3.05) is 0 Å². The fourth-order valence-electron chi connectivity index (χ4n) is 2.11. The van der Waals surface area contributed by atoms with E-state index in [0.29, 0.717) is 12.2 Å². The van der Waals surface area contributed by atoms with Crippen molar-refractivity contribution in [2.45, 2.75) is 6.54 Å². The van der Waals surface area contributed by atoms with Crippen molar-refractivity contribution in [3.8, 4) is 0 Å².